The third-order valence-electron chi connectivity index (χ3n) is 7.36. The summed E-state index contributed by atoms with van der Waals surface area (Å²) in [5.74, 6) is 1.07. The molecule has 1 atom stereocenters. The number of carboxylic acids is 1. The number of aliphatic carboxylic acids is 1. The molecule has 0 fully saturated rings. The Morgan fingerprint density at radius 2 is 1.07 bits per heavy atom. The molecule has 0 saturated carbocycles. The van der Waals surface area contributed by atoms with E-state index in [1.165, 1.54) is 0 Å². The Balaban J connectivity index is 1.41. The molecule has 1 heterocycles. The van der Waals surface area contributed by atoms with Gasteiger partial charge in [0.05, 0.1) is 10.8 Å². The number of para-hydroxylation sites is 2. The zero-order valence-electron chi connectivity index (χ0n) is 21.8. The van der Waals surface area contributed by atoms with E-state index in [-0.39, 0.29) is 5.25 Å². The van der Waals surface area contributed by atoms with Crippen LogP contribution in [0.1, 0.15) is 33.1 Å². The molecular weight excluding hydrogens is 514 g/mol. The lowest BCUT2D eigenvalue weighted by atomic mass is 9.76. The number of carbonyl (C=O) groups is 1. The van der Waals surface area contributed by atoms with Crippen LogP contribution in [0.15, 0.2) is 140 Å². The highest BCUT2D eigenvalue weighted by molar-refractivity contribution is 7.99. The molecule has 5 heteroatoms. The molecule has 0 radical (unpaired) electrons. The quantitative estimate of drug-likeness (QED) is 0.187. The predicted molar refractivity (Wildman–Crippen MR) is 161 cm³/mol. The van der Waals surface area contributed by atoms with Crippen molar-refractivity contribution in [3.8, 4) is 11.5 Å². The number of benzene rings is 5. The van der Waals surface area contributed by atoms with Crippen LogP contribution in [-0.2, 0) is 10.3 Å². The van der Waals surface area contributed by atoms with E-state index >= 15 is 0 Å². The van der Waals surface area contributed by atoms with E-state index in [0.717, 1.165) is 39.3 Å². The van der Waals surface area contributed by atoms with Crippen molar-refractivity contribution in [1.29, 1.82) is 0 Å². The van der Waals surface area contributed by atoms with Crippen LogP contribution in [0.5, 0.6) is 11.5 Å². The Morgan fingerprint density at radius 1 is 0.675 bits per heavy atom. The van der Waals surface area contributed by atoms with E-state index in [0.29, 0.717) is 5.75 Å². The number of nitrogens with one attached hydrogen (secondary N) is 1. The molecule has 6 rings (SSSR count). The number of carboxylic acid groups (broad SMARTS) is 1. The van der Waals surface area contributed by atoms with Gasteiger partial charge in [0.2, 0.25) is 0 Å². The van der Waals surface area contributed by atoms with Crippen LogP contribution in [0, 0.1) is 0 Å². The fraction of sp³-hybridized carbons (Fsp3) is 0.114. The van der Waals surface area contributed by atoms with Crippen LogP contribution >= 0.6 is 11.8 Å². The Labute approximate surface area is 238 Å². The Kier molecular flexibility index (Phi) is 7.41. The van der Waals surface area contributed by atoms with Gasteiger partial charge >= 0.3 is 5.97 Å². The van der Waals surface area contributed by atoms with Gasteiger partial charge in [-0.2, -0.15) is 0 Å². The second kappa shape index (κ2) is 11.4. The molecule has 40 heavy (non-hydrogen) atoms. The Morgan fingerprint density at radius 3 is 1.50 bits per heavy atom. The highest BCUT2D eigenvalue weighted by atomic mass is 32.2. The van der Waals surface area contributed by atoms with Gasteiger partial charge in [-0.25, -0.2) is 0 Å². The van der Waals surface area contributed by atoms with Gasteiger partial charge in [0, 0.05) is 16.9 Å². The number of thioether (sulfide) groups is 1. The smallest absolute Gasteiger partial charge is 0.321 e. The summed E-state index contributed by atoms with van der Waals surface area (Å²) in [4.78, 5) is 12.9. The molecule has 0 amide bonds. The van der Waals surface area contributed by atoms with Gasteiger partial charge in [0.25, 0.3) is 0 Å². The average Bonchev–Trinajstić information content (AvgIpc) is 3.02. The average molecular weight is 544 g/mol. The summed E-state index contributed by atoms with van der Waals surface area (Å²) in [5, 5.41) is 14.2. The fourth-order valence-electron chi connectivity index (χ4n) is 5.49. The summed E-state index contributed by atoms with van der Waals surface area (Å²) in [6, 6.07) is 45.4. The third-order valence-corrected chi connectivity index (χ3v) is 8.73. The van der Waals surface area contributed by atoms with Crippen molar-refractivity contribution >= 4 is 17.7 Å². The van der Waals surface area contributed by atoms with E-state index in [2.05, 4.69) is 53.8 Å². The highest BCUT2D eigenvalue weighted by Gasteiger charge is 2.40. The zero-order valence-corrected chi connectivity index (χ0v) is 22.6. The second-order valence-corrected chi connectivity index (χ2v) is 10.9. The standard InChI is InChI=1S/C35H29NO3S/c37-34(38)30(24-40-33-28-20-10-12-22-31(28)39-32-23-13-11-21-29(32)33)36-35(25-14-4-1-5-15-25,26-16-6-2-7-17-26)27-18-8-3-9-19-27/h1-23,30,33,36H,24H2,(H,37,38). The fourth-order valence-corrected chi connectivity index (χ4v) is 6.85. The van der Waals surface area contributed by atoms with E-state index in [4.69, 9.17) is 4.74 Å². The first-order chi connectivity index (χ1) is 19.7. The first-order valence-corrected chi connectivity index (χ1v) is 14.4. The van der Waals surface area contributed by atoms with Crippen molar-refractivity contribution in [3.05, 3.63) is 167 Å². The molecule has 4 nitrogen and oxygen atoms in total. The molecule has 0 saturated heterocycles. The molecule has 1 unspecified atom stereocenters. The molecule has 0 bridgehead atoms. The minimum Gasteiger partial charge on any atom is -0.480 e. The zero-order chi connectivity index (χ0) is 27.4. The first kappa shape index (κ1) is 25.9. The molecule has 2 N–H and O–H groups in total. The van der Waals surface area contributed by atoms with Crippen molar-refractivity contribution in [2.24, 2.45) is 0 Å². The Bertz CT molecular complexity index is 1450. The van der Waals surface area contributed by atoms with Gasteiger partial charge < -0.3 is 9.84 Å². The number of ether oxygens (including phenoxy) is 1. The maximum atomic E-state index is 12.9. The lowest BCUT2D eigenvalue weighted by Crippen LogP contribution is -2.53. The highest BCUT2D eigenvalue weighted by Crippen LogP contribution is 2.49. The maximum absolute atomic E-state index is 12.9. The minimum atomic E-state index is -0.895. The normalized spacial score (nSPS) is 13.5. The van der Waals surface area contributed by atoms with Crippen molar-refractivity contribution in [3.63, 3.8) is 0 Å². The summed E-state index contributed by atoms with van der Waals surface area (Å²) >= 11 is 1.62. The SMILES string of the molecule is O=C(O)C(CSC1c2ccccc2Oc2ccccc21)NC(c1ccccc1)(c1ccccc1)c1ccccc1. The molecule has 1 aliphatic heterocycles. The van der Waals surface area contributed by atoms with Crippen LogP contribution in [-0.4, -0.2) is 22.9 Å². The molecule has 0 aromatic heterocycles. The van der Waals surface area contributed by atoms with Crippen molar-refractivity contribution < 1.29 is 14.6 Å². The van der Waals surface area contributed by atoms with E-state index in [9.17, 15) is 9.90 Å². The summed E-state index contributed by atoms with van der Waals surface area (Å²) < 4.78 is 6.17. The third kappa shape index (κ3) is 4.90. The number of hydrogen-bond acceptors (Lipinski definition) is 4. The van der Waals surface area contributed by atoms with Crippen LogP contribution in [0.2, 0.25) is 0 Å². The molecule has 1 aliphatic rings. The number of hydrogen-bond donors (Lipinski definition) is 2. The lowest BCUT2D eigenvalue weighted by Gasteiger charge is -2.39. The summed E-state index contributed by atoms with van der Waals surface area (Å²) in [7, 11) is 0. The topological polar surface area (TPSA) is 58.6 Å². The summed E-state index contributed by atoms with van der Waals surface area (Å²) in [5.41, 5.74) is 4.16. The predicted octanol–water partition coefficient (Wildman–Crippen LogP) is 7.65. The monoisotopic (exact) mass is 543 g/mol. The summed E-state index contributed by atoms with van der Waals surface area (Å²) in [6.07, 6.45) is 0. The van der Waals surface area contributed by atoms with E-state index < -0.39 is 17.6 Å². The van der Waals surface area contributed by atoms with Crippen molar-refractivity contribution in [2.75, 3.05) is 5.75 Å². The van der Waals surface area contributed by atoms with Crippen molar-refractivity contribution in [1.82, 2.24) is 5.32 Å². The minimum absolute atomic E-state index is 0.0515. The first-order valence-electron chi connectivity index (χ1n) is 13.3. The molecule has 5 aromatic rings. The van der Waals surface area contributed by atoms with E-state index in [1.807, 2.05) is 91.0 Å². The van der Waals surface area contributed by atoms with Gasteiger partial charge in [-0.3, -0.25) is 10.1 Å². The largest absolute Gasteiger partial charge is 0.480 e. The van der Waals surface area contributed by atoms with Gasteiger partial charge in [0.15, 0.2) is 0 Å². The van der Waals surface area contributed by atoms with Crippen LogP contribution < -0.4 is 10.1 Å². The van der Waals surface area contributed by atoms with Gasteiger partial charge in [0.1, 0.15) is 17.5 Å². The van der Waals surface area contributed by atoms with Gasteiger partial charge in [-0.15, -0.1) is 11.8 Å². The molecular formula is C35H29NO3S. The van der Waals surface area contributed by atoms with Gasteiger partial charge in [-0.05, 0) is 28.8 Å². The molecule has 0 spiro atoms. The molecule has 5 aromatic carbocycles. The molecule has 0 aliphatic carbocycles. The number of rotatable bonds is 9. The summed E-state index contributed by atoms with van der Waals surface area (Å²) in [6.45, 7) is 0. The van der Waals surface area contributed by atoms with Crippen LogP contribution in [0.3, 0.4) is 0 Å². The van der Waals surface area contributed by atoms with Crippen LogP contribution in [0.25, 0.3) is 0 Å². The Hall–Kier alpha value is -4.32. The van der Waals surface area contributed by atoms with Crippen LogP contribution in [0.4, 0.5) is 0 Å². The van der Waals surface area contributed by atoms with Crippen molar-refractivity contribution in [2.45, 2.75) is 16.8 Å². The maximum Gasteiger partial charge on any atom is 0.321 e. The van der Waals surface area contributed by atoms with E-state index in [1.54, 1.807) is 11.8 Å². The van der Waals surface area contributed by atoms with Gasteiger partial charge in [-0.1, -0.05) is 127 Å². The lowest BCUT2D eigenvalue weighted by molar-refractivity contribution is -0.139. The molecule has 198 valence electrons. The number of fused-ring (bicyclic) bond motifs is 2. The second-order valence-electron chi connectivity index (χ2n) is 9.77.